The maximum atomic E-state index is 11.3. The molecule has 0 radical (unpaired) electrons. The Labute approximate surface area is 109 Å². The Morgan fingerprint density at radius 1 is 1.28 bits per heavy atom. The first-order chi connectivity index (χ1) is 8.47. The van der Waals surface area contributed by atoms with Crippen LogP contribution in [0.25, 0.3) is 0 Å². The first kappa shape index (κ1) is 15.0. The molecule has 1 unspecified atom stereocenters. The van der Waals surface area contributed by atoms with Crippen LogP contribution in [-0.2, 0) is 9.84 Å². The fourth-order valence-corrected chi connectivity index (χ4v) is 2.34. The van der Waals surface area contributed by atoms with Crippen LogP contribution in [0.15, 0.2) is 29.2 Å². The summed E-state index contributed by atoms with van der Waals surface area (Å²) in [6.07, 6.45) is 3.33. The lowest BCUT2D eigenvalue weighted by atomic mass is 10.2. The van der Waals surface area contributed by atoms with Gasteiger partial charge in [-0.25, -0.2) is 8.42 Å². The Balaban J connectivity index is 2.73. The van der Waals surface area contributed by atoms with E-state index in [1.807, 2.05) is 7.05 Å². The van der Waals surface area contributed by atoms with Crippen molar-refractivity contribution in [3.8, 4) is 5.75 Å². The zero-order valence-corrected chi connectivity index (χ0v) is 12.0. The molecular formula is C13H21NO3S. The van der Waals surface area contributed by atoms with Gasteiger partial charge in [-0.3, -0.25) is 0 Å². The lowest BCUT2D eigenvalue weighted by Crippen LogP contribution is -2.29. The Kier molecular flexibility index (Phi) is 5.62. The van der Waals surface area contributed by atoms with Crippen LogP contribution in [0.4, 0.5) is 0 Å². The molecule has 18 heavy (non-hydrogen) atoms. The predicted octanol–water partition coefficient (Wildman–Crippen LogP) is 1.86. The van der Waals surface area contributed by atoms with E-state index in [4.69, 9.17) is 4.74 Å². The standard InChI is InChI=1S/C13H21NO3S/c1-4-5-12(10-14-2)17-11-6-8-13(9-7-11)18(3,15)16/h6-9,12,14H,4-5,10H2,1-3H3. The van der Waals surface area contributed by atoms with Crippen molar-refractivity contribution in [3.05, 3.63) is 24.3 Å². The first-order valence-electron chi connectivity index (χ1n) is 6.08. The quantitative estimate of drug-likeness (QED) is 0.822. The van der Waals surface area contributed by atoms with Crippen LogP contribution in [0.1, 0.15) is 19.8 Å². The van der Waals surface area contributed by atoms with E-state index in [1.54, 1.807) is 24.3 Å². The van der Waals surface area contributed by atoms with Crippen LogP contribution in [0.2, 0.25) is 0 Å². The van der Waals surface area contributed by atoms with Crippen LogP contribution in [0.3, 0.4) is 0 Å². The molecule has 1 N–H and O–H groups in total. The van der Waals surface area contributed by atoms with E-state index >= 15 is 0 Å². The molecule has 0 heterocycles. The third-order valence-electron chi connectivity index (χ3n) is 2.60. The fraction of sp³-hybridized carbons (Fsp3) is 0.538. The second-order valence-corrected chi connectivity index (χ2v) is 6.35. The van der Waals surface area contributed by atoms with Gasteiger partial charge in [-0.2, -0.15) is 0 Å². The maximum absolute atomic E-state index is 11.3. The normalized spacial score (nSPS) is 13.3. The lowest BCUT2D eigenvalue weighted by Gasteiger charge is -2.18. The SMILES string of the molecule is CCCC(CNC)Oc1ccc(S(C)(=O)=O)cc1. The molecule has 1 atom stereocenters. The molecule has 0 aromatic heterocycles. The molecule has 0 amide bonds. The van der Waals surface area contributed by atoms with Crippen molar-refractivity contribution >= 4 is 9.84 Å². The molecule has 5 heteroatoms. The summed E-state index contributed by atoms with van der Waals surface area (Å²) in [6.45, 7) is 2.89. The number of sulfone groups is 1. The largest absolute Gasteiger partial charge is 0.489 e. The molecule has 0 saturated heterocycles. The van der Waals surface area contributed by atoms with Gasteiger partial charge in [0.2, 0.25) is 0 Å². The summed E-state index contributed by atoms with van der Waals surface area (Å²) in [6, 6.07) is 6.56. The van der Waals surface area contributed by atoms with E-state index < -0.39 is 9.84 Å². The van der Waals surface area contributed by atoms with E-state index in [1.165, 1.54) is 6.26 Å². The highest BCUT2D eigenvalue weighted by Gasteiger charge is 2.10. The zero-order valence-electron chi connectivity index (χ0n) is 11.1. The van der Waals surface area contributed by atoms with Crippen LogP contribution < -0.4 is 10.1 Å². The van der Waals surface area contributed by atoms with Gasteiger partial charge in [-0.15, -0.1) is 0 Å². The molecule has 1 aromatic rings. The first-order valence-corrected chi connectivity index (χ1v) is 7.98. The van der Waals surface area contributed by atoms with Gasteiger partial charge < -0.3 is 10.1 Å². The second kappa shape index (κ2) is 6.75. The summed E-state index contributed by atoms with van der Waals surface area (Å²) in [5, 5.41) is 3.09. The molecule has 0 spiro atoms. The van der Waals surface area contributed by atoms with Crippen molar-refractivity contribution in [2.45, 2.75) is 30.8 Å². The van der Waals surface area contributed by atoms with Gasteiger partial charge >= 0.3 is 0 Å². The minimum absolute atomic E-state index is 0.115. The maximum Gasteiger partial charge on any atom is 0.175 e. The molecule has 4 nitrogen and oxygen atoms in total. The number of rotatable bonds is 7. The van der Waals surface area contributed by atoms with Crippen LogP contribution in [0, 0.1) is 0 Å². The molecule has 0 aliphatic rings. The van der Waals surface area contributed by atoms with Gasteiger partial charge in [0.1, 0.15) is 11.9 Å². The van der Waals surface area contributed by atoms with E-state index in [0.717, 1.165) is 19.4 Å². The summed E-state index contributed by atoms with van der Waals surface area (Å²) in [4.78, 5) is 0.315. The number of hydrogen-bond acceptors (Lipinski definition) is 4. The predicted molar refractivity (Wildman–Crippen MR) is 72.8 cm³/mol. The van der Waals surface area contributed by atoms with Crippen molar-refractivity contribution in [1.29, 1.82) is 0 Å². The summed E-state index contributed by atoms with van der Waals surface area (Å²) in [5.74, 6) is 0.705. The van der Waals surface area contributed by atoms with Crippen molar-refractivity contribution in [2.24, 2.45) is 0 Å². The van der Waals surface area contributed by atoms with Gasteiger partial charge in [0, 0.05) is 12.8 Å². The average molecular weight is 271 g/mol. The molecule has 0 aliphatic heterocycles. The third-order valence-corrected chi connectivity index (χ3v) is 3.73. The van der Waals surface area contributed by atoms with Gasteiger partial charge in [0.05, 0.1) is 4.90 Å². The monoisotopic (exact) mass is 271 g/mol. The molecule has 0 saturated carbocycles. The molecule has 1 aromatic carbocycles. The Bertz CT molecular complexity index is 448. The topological polar surface area (TPSA) is 55.4 Å². The Morgan fingerprint density at radius 3 is 2.33 bits per heavy atom. The van der Waals surface area contributed by atoms with Crippen LogP contribution in [0.5, 0.6) is 5.75 Å². The summed E-state index contributed by atoms with van der Waals surface area (Å²) in [5.41, 5.74) is 0. The molecule has 0 fully saturated rings. The van der Waals surface area contributed by atoms with Crippen LogP contribution in [-0.4, -0.2) is 34.4 Å². The molecule has 0 aliphatic carbocycles. The van der Waals surface area contributed by atoms with Gasteiger partial charge in [-0.1, -0.05) is 13.3 Å². The molecule has 102 valence electrons. The Hall–Kier alpha value is -1.07. The number of hydrogen-bond donors (Lipinski definition) is 1. The molecule has 0 bridgehead atoms. The average Bonchev–Trinajstić information content (AvgIpc) is 2.29. The number of benzene rings is 1. The van der Waals surface area contributed by atoms with Crippen molar-refractivity contribution in [1.82, 2.24) is 5.32 Å². The summed E-state index contributed by atoms with van der Waals surface area (Å²) < 4.78 is 28.4. The highest BCUT2D eigenvalue weighted by Crippen LogP contribution is 2.18. The number of ether oxygens (including phenoxy) is 1. The minimum atomic E-state index is -3.14. The summed E-state index contributed by atoms with van der Waals surface area (Å²) in [7, 11) is -1.25. The van der Waals surface area contributed by atoms with Crippen LogP contribution >= 0.6 is 0 Å². The van der Waals surface area contributed by atoms with Gasteiger partial charge in [0.15, 0.2) is 9.84 Å². The number of nitrogens with one attached hydrogen (secondary N) is 1. The minimum Gasteiger partial charge on any atom is -0.489 e. The highest BCUT2D eigenvalue weighted by atomic mass is 32.2. The van der Waals surface area contributed by atoms with Crippen molar-refractivity contribution in [3.63, 3.8) is 0 Å². The summed E-state index contributed by atoms with van der Waals surface area (Å²) >= 11 is 0. The molecular weight excluding hydrogens is 250 g/mol. The van der Waals surface area contributed by atoms with Gasteiger partial charge in [-0.05, 0) is 37.7 Å². The smallest absolute Gasteiger partial charge is 0.175 e. The second-order valence-electron chi connectivity index (χ2n) is 4.33. The van der Waals surface area contributed by atoms with Crippen molar-refractivity contribution in [2.75, 3.05) is 19.8 Å². The third kappa shape index (κ3) is 4.66. The van der Waals surface area contributed by atoms with Gasteiger partial charge in [0.25, 0.3) is 0 Å². The number of likely N-dealkylation sites (N-methyl/N-ethyl adjacent to an activating group) is 1. The zero-order chi connectivity index (χ0) is 13.6. The molecule has 1 rings (SSSR count). The van der Waals surface area contributed by atoms with E-state index in [2.05, 4.69) is 12.2 Å². The lowest BCUT2D eigenvalue weighted by molar-refractivity contribution is 0.189. The fourth-order valence-electron chi connectivity index (χ4n) is 1.71. The van der Waals surface area contributed by atoms with E-state index in [0.29, 0.717) is 10.6 Å². The van der Waals surface area contributed by atoms with E-state index in [-0.39, 0.29) is 6.10 Å². The van der Waals surface area contributed by atoms with Crippen molar-refractivity contribution < 1.29 is 13.2 Å². The van der Waals surface area contributed by atoms with E-state index in [9.17, 15) is 8.42 Å². The Morgan fingerprint density at radius 2 is 1.89 bits per heavy atom. The highest BCUT2D eigenvalue weighted by molar-refractivity contribution is 7.90.